The van der Waals surface area contributed by atoms with Crippen molar-refractivity contribution in [2.45, 2.75) is 32.3 Å². The first-order valence-electron chi connectivity index (χ1n) is 8.78. The second-order valence-electron chi connectivity index (χ2n) is 6.41. The third-order valence-electron chi connectivity index (χ3n) is 4.70. The number of rotatable bonds is 4. The molecule has 1 aromatic carbocycles. The number of aromatic amines is 1. The maximum Gasteiger partial charge on any atom is 0.227 e. The van der Waals surface area contributed by atoms with Crippen LogP contribution in [0.5, 0.6) is 5.75 Å². The molecule has 7 nitrogen and oxygen atoms in total. The Morgan fingerprint density at radius 1 is 1.40 bits per heavy atom. The third kappa shape index (κ3) is 3.37. The zero-order chi connectivity index (χ0) is 17.2. The van der Waals surface area contributed by atoms with Crippen molar-refractivity contribution in [3.8, 4) is 5.75 Å². The van der Waals surface area contributed by atoms with Gasteiger partial charge in [-0.15, -0.1) is 0 Å². The SMILES string of the molecule is CCc1nc([C@H]2CN(C(=O)Cc3ccc4c(c3)CCO4)CCO2)n[nH]1. The van der Waals surface area contributed by atoms with Crippen LogP contribution in [0, 0.1) is 0 Å². The number of nitrogens with zero attached hydrogens (tertiary/aromatic N) is 3. The Labute approximate surface area is 146 Å². The van der Waals surface area contributed by atoms with Crippen LogP contribution in [0.25, 0.3) is 0 Å². The highest BCUT2D eigenvalue weighted by Gasteiger charge is 2.28. The number of carbonyl (C=O) groups excluding carboxylic acids is 1. The van der Waals surface area contributed by atoms with E-state index in [1.54, 1.807) is 0 Å². The molecule has 0 saturated carbocycles. The van der Waals surface area contributed by atoms with Gasteiger partial charge in [0, 0.05) is 19.4 Å². The zero-order valence-electron chi connectivity index (χ0n) is 14.3. The van der Waals surface area contributed by atoms with Crippen LogP contribution >= 0.6 is 0 Å². The predicted octanol–water partition coefficient (Wildman–Crippen LogP) is 1.44. The van der Waals surface area contributed by atoms with Gasteiger partial charge in [-0.25, -0.2) is 4.98 Å². The van der Waals surface area contributed by atoms with Gasteiger partial charge in [-0.3, -0.25) is 9.89 Å². The van der Waals surface area contributed by atoms with Crippen molar-refractivity contribution in [1.29, 1.82) is 0 Å². The van der Waals surface area contributed by atoms with Gasteiger partial charge in [-0.2, -0.15) is 5.10 Å². The van der Waals surface area contributed by atoms with Crippen molar-refractivity contribution in [2.24, 2.45) is 0 Å². The zero-order valence-corrected chi connectivity index (χ0v) is 14.3. The molecule has 1 fully saturated rings. The molecule has 0 unspecified atom stereocenters. The van der Waals surface area contributed by atoms with Crippen molar-refractivity contribution in [3.63, 3.8) is 0 Å². The molecule has 0 aliphatic carbocycles. The number of fused-ring (bicyclic) bond motifs is 1. The van der Waals surface area contributed by atoms with Crippen molar-refractivity contribution in [3.05, 3.63) is 41.0 Å². The minimum absolute atomic E-state index is 0.110. The quantitative estimate of drug-likeness (QED) is 0.909. The molecular formula is C18H22N4O3. The molecule has 1 N–H and O–H groups in total. The number of nitrogens with one attached hydrogen (secondary N) is 1. The summed E-state index contributed by atoms with van der Waals surface area (Å²) in [6.45, 7) is 4.35. The van der Waals surface area contributed by atoms with Gasteiger partial charge in [0.1, 0.15) is 17.7 Å². The summed E-state index contributed by atoms with van der Waals surface area (Å²) in [4.78, 5) is 19.0. The first-order chi connectivity index (χ1) is 12.2. The summed E-state index contributed by atoms with van der Waals surface area (Å²) in [5.41, 5.74) is 2.22. The maximum atomic E-state index is 12.7. The van der Waals surface area contributed by atoms with E-state index >= 15 is 0 Å². The lowest BCUT2D eigenvalue weighted by molar-refractivity contribution is -0.138. The predicted molar refractivity (Wildman–Crippen MR) is 90.4 cm³/mol. The fourth-order valence-electron chi connectivity index (χ4n) is 3.28. The van der Waals surface area contributed by atoms with Crippen LogP contribution in [-0.2, 0) is 28.8 Å². The van der Waals surface area contributed by atoms with Gasteiger partial charge in [-0.05, 0) is 17.2 Å². The molecule has 0 bridgehead atoms. The number of hydrogen-bond acceptors (Lipinski definition) is 5. The Hall–Kier alpha value is -2.41. The van der Waals surface area contributed by atoms with Gasteiger partial charge in [0.2, 0.25) is 5.91 Å². The summed E-state index contributed by atoms with van der Waals surface area (Å²) in [7, 11) is 0. The Balaban J connectivity index is 1.41. The molecule has 0 radical (unpaired) electrons. The van der Waals surface area contributed by atoms with Crippen LogP contribution in [0.1, 0.15) is 35.8 Å². The average Bonchev–Trinajstić information content (AvgIpc) is 3.30. The molecule has 2 aliphatic rings. The van der Waals surface area contributed by atoms with Gasteiger partial charge in [0.25, 0.3) is 0 Å². The number of carbonyl (C=O) groups is 1. The van der Waals surface area contributed by atoms with E-state index in [1.807, 2.05) is 24.0 Å². The van der Waals surface area contributed by atoms with E-state index in [-0.39, 0.29) is 12.0 Å². The lowest BCUT2D eigenvalue weighted by atomic mass is 10.1. The monoisotopic (exact) mass is 342 g/mol. The molecule has 1 aromatic heterocycles. The lowest BCUT2D eigenvalue weighted by Crippen LogP contribution is -2.43. The van der Waals surface area contributed by atoms with E-state index in [9.17, 15) is 4.79 Å². The van der Waals surface area contributed by atoms with Gasteiger partial charge < -0.3 is 14.4 Å². The smallest absolute Gasteiger partial charge is 0.227 e. The minimum atomic E-state index is -0.261. The maximum absolute atomic E-state index is 12.7. The summed E-state index contributed by atoms with van der Waals surface area (Å²) >= 11 is 0. The molecule has 7 heteroatoms. The topological polar surface area (TPSA) is 80.3 Å². The van der Waals surface area contributed by atoms with Gasteiger partial charge in [0.05, 0.1) is 26.2 Å². The van der Waals surface area contributed by atoms with E-state index in [2.05, 4.69) is 21.2 Å². The van der Waals surface area contributed by atoms with Crippen molar-refractivity contribution < 1.29 is 14.3 Å². The molecule has 1 atom stereocenters. The molecule has 25 heavy (non-hydrogen) atoms. The number of aryl methyl sites for hydroxylation is 1. The van der Waals surface area contributed by atoms with E-state index < -0.39 is 0 Å². The van der Waals surface area contributed by atoms with Crippen LogP contribution in [0.4, 0.5) is 0 Å². The average molecular weight is 342 g/mol. The summed E-state index contributed by atoms with van der Waals surface area (Å²) in [5.74, 6) is 2.52. The van der Waals surface area contributed by atoms with E-state index in [0.29, 0.717) is 31.9 Å². The standard InChI is InChI=1S/C18H22N4O3/c1-2-16-19-18(21-20-16)15-11-22(6-8-25-15)17(23)10-12-3-4-14-13(9-12)5-7-24-14/h3-4,9,15H,2,5-8,10-11H2,1H3,(H,19,20,21)/t15-/m1/s1. The van der Waals surface area contributed by atoms with Gasteiger partial charge >= 0.3 is 0 Å². The Bertz CT molecular complexity index is 773. The number of benzene rings is 1. The summed E-state index contributed by atoms with van der Waals surface area (Å²) < 4.78 is 11.3. The highest BCUT2D eigenvalue weighted by atomic mass is 16.5. The Morgan fingerprint density at radius 3 is 3.16 bits per heavy atom. The van der Waals surface area contributed by atoms with E-state index in [1.165, 1.54) is 5.56 Å². The van der Waals surface area contributed by atoms with Crippen LogP contribution in [0.2, 0.25) is 0 Å². The largest absolute Gasteiger partial charge is 0.493 e. The normalized spacial score (nSPS) is 19.6. The Morgan fingerprint density at radius 2 is 2.32 bits per heavy atom. The summed E-state index contributed by atoms with van der Waals surface area (Å²) in [6.07, 6.45) is 1.85. The summed E-state index contributed by atoms with van der Waals surface area (Å²) in [6, 6.07) is 6.02. The van der Waals surface area contributed by atoms with Crippen LogP contribution in [0.15, 0.2) is 18.2 Å². The third-order valence-corrected chi connectivity index (χ3v) is 4.70. The number of H-pyrrole nitrogens is 1. The molecule has 3 heterocycles. The van der Waals surface area contributed by atoms with Crippen LogP contribution in [-0.4, -0.2) is 52.3 Å². The highest BCUT2D eigenvalue weighted by Crippen LogP contribution is 2.26. The second-order valence-corrected chi connectivity index (χ2v) is 6.41. The van der Waals surface area contributed by atoms with Gasteiger partial charge in [0.15, 0.2) is 5.82 Å². The number of morpholine rings is 1. The minimum Gasteiger partial charge on any atom is -0.493 e. The fraction of sp³-hybridized carbons (Fsp3) is 0.500. The van der Waals surface area contributed by atoms with E-state index in [4.69, 9.17) is 9.47 Å². The van der Waals surface area contributed by atoms with Crippen LogP contribution < -0.4 is 4.74 Å². The Kier molecular flexibility index (Phi) is 4.40. The van der Waals surface area contributed by atoms with Crippen molar-refractivity contribution in [1.82, 2.24) is 20.1 Å². The number of aromatic nitrogens is 3. The highest BCUT2D eigenvalue weighted by molar-refractivity contribution is 5.79. The van der Waals surface area contributed by atoms with Crippen molar-refractivity contribution in [2.75, 3.05) is 26.3 Å². The lowest BCUT2D eigenvalue weighted by Gasteiger charge is -2.31. The molecule has 1 saturated heterocycles. The fourth-order valence-corrected chi connectivity index (χ4v) is 3.28. The first-order valence-corrected chi connectivity index (χ1v) is 8.78. The molecular weight excluding hydrogens is 320 g/mol. The van der Waals surface area contributed by atoms with Crippen LogP contribution in [0.3, 0.4) is 0 Å². The number of hydrogen-bond donors (Lipinski definition) is 1. The first kappa shape index (κ1) is 16.1. The second kappa shape index (κ2) is 6.84. The molecule has 2 aliphatic heterocycles. The molecule has 2 aromatic rings. The van der Waals surface area contributed by atoms with Crippen molar-refractivity contribution >= 4 is 5.91 Å². The summed E-state index contributed by atoms with van der Waals surface area (Å²) in [5, 5.41) is 7.12. The molecule has 4 rings (SSSR count). The number of amides is 1. The van der Waals surface area contributed by atoms with E-state index in [0.717, 1.165) is 36.6 Å². The molecule has 0 spiro atoms. The molecule has 1 amide bonds. The number of ether oxygens (including phenoxy) is 2. The van der Waals surface area contributed by atoms with Gasteiger partial charge in [-0.1, -0.05) is 19.1 Å². The molecule has 132 valence electrons.